The second-order valence-corrected chi connectivity index (χ2v) is 7.91. The molecule has 1 aliphatic rings. The molecule has 0 spiro atoms. The van der Waals surface area contributed by atoms with Crippen molar-refractivity contribution in [2.75, 3.05) is 26.7 Å². The molecule has 2 aromatic rings. The first-order valence-corrected chi connectivity index (χ1v) is 10.1. The molecule has 1 saturated heterocycles. The molecule has 2 aromatic carbocycles. The van der Waals surface area contributed by atoms with Crippen molar-refractivity contribution in [2.45, 2.75) is 31.2 Å². The highest BCUT2D eigenvalue weighted by Crippen LogP contribution is 2.33. The number of carbonyl (C=O) groups is 1. The Labute approximate surface area is 183 Å². The summed E-state index contributed by atoms with van der Waals surface area (Å²) >= 11 is 0. The van der Waals surface area contributed by atoms with E-state index in [-0.39, 0.29) is 11.6 Å². The van der Waals surface area contributed by atoms with E-state index in [1.54, 1.807) is 7.05 Å². The molecule has 1 N–H and O–H groups in total. The minimum atomic E-state index is -4.72. The topological polar surface area (TPSA) is 86.9 Å². The van der Waals surface area contributed by atoms with Crippen molar-refractivity contribution in [3.63, 3.8) is 0 Å². The molecular weight excluding hydrogens is 427 g/mol. The third-order valence-corrected chi connectivity index (χ3v) is 5.67. The first-order chi connectivity index (χ1) is 15.1. The van der Waals surface area contributed by atoms with E-state index >= 15 is 0 Å². The van der Waals surface area contributed by atoms with Crippen LogP contribution in [0.4, 0.5) is 18.9 Å². The first kappa shape index (κ1) is 23.7. The molecule has 172 valence electrons. The van der Waals surface area contributed by atoms with Gasteiger partial charge in [0, 0.05) is 38.3 Å². The summed E-state index contributed by atoms with van der Waals surface area (Å²) in [6, 6.07) is 11.0. The van der Waals surface area contributed by atoms with Crippen molar-refractivity contribution in [3.8, 4) is 0 Å². The van der Waals surface area contributed by atoms with Crippen LogP contribution in [0.15, 0.2) is 48.5 Å². The number of β-amino-alcohol motifs (C(OH)–C–C–N with tert-alkyl or cyclic N) is 1. The Morgan fingerprint density at radius 1 is 1.28 bits per heavy atom. The maximum atomic E-state index is 13.0. The predicted octanol–water partition coefficient (Wildman–Crippen LogP) is 3.42. The van der Waals surface area contributed by atoms with Crippen LogP contribution in [-0.4, -0.2) is 58.5 Å². The van der Waals surface area contributed by atoms with Gasteiger partial charge in [-0.2, -0.15) is 13.2 Å². The van der Waals surface area contributed by atoms with Gasteiger partial charge in [-0.3, -0.25) is 19.8 Å². The number of rotatable bonds is 7. The maximum absolute atomic E-state index is 13.0. The summed E-state index contributed by atoms with van der Waals surface area (Å²) in [6.45, 7) is 1.62. The molecule has 2 atom stereocenters. The number of likely N-dealkylation sites (N-methyl/N-ethyl adjacent to an activating group) is 1. The summed E-state index contributed by atoms with van der Waals surface area (Å²) in [4.78, 5) is 27.0. The minimum Gasteiger partial charge on any atom is -0.392 e. The molecule has 1 fully saturated rings. The molecule has 0 bridgehead atoms. The number of amides is 1. The van der Waals surface area contributed by atoms with E-state index in [2.05, 4.69) is 0 Å². The molecule has 1 aliphatic heterocycles. The van der Waals surface area contributed by atoms with Gasteiger partial charge in [0.25, 0.3) is 5.69 Å². The Balaban J connectivity index is 1.83. The molecule has 0 radical (unpaired) electrons. The Hall–Kier alpha value is -2.98. The molecule has 10 heteroatoms. The third kappa shape index (κ3) is 5.63. The van der Waals surface area contributed by atoms with Gasteiger partial charge in [0.05, 0.1) is 29.1 Å². The standard InChI is InChI=1S/C22H24F3N3O4/c1-26(20(15-5-3-2-4-6-15)14-27-10-9-18(29)13-27)21(30)11-16-7-8-17(22(23,24)25)12-19(16)28(31)32/h2-8,12,18,20,29H,9-11,13-14H2,1H3. The highest BCUT2D eigenvalue weighted by Gasteiger charge is 2.34. The molecular formula is C22H24F3N3O4. The summed E-state index contributed by atoms with van der Waals surface area (Å²) in [5, 5.41) is 21.2. The normalized spacial score (nSPS) is 17.8. The van der Waals surface area contributed by atoms with Crippen LogP contribution in [0.2, 0.25) is 0 Å². The number of nitrogens with zero attached hydrogens (tertiary/aromatic N) is 3. The Kier molecular flexibility index (Phi) is 7.15. The molecule has 0 aliphatic carbocycles. The number of aliphatic hydroxyl groups excluding tert-OH is 1. The summed E-state index contributed by atoms with van der Waals surface area (Å²) in [5.74, 6) is -0.457. The summed E-state index contributed by atoms with van der Waals surface area (Å²) in [6.07, 6.45) is -4.92. The monoisotopic (exact) mass is 451 g/mol. The van der Waals surface area contributed by atoms with Crippen LogP contribution in [0, 0.1) is 10.1 Å². The lowest BCUT2D eigenvalue weighted by Gasteiger charge is -2.32. The van der Waals surface area contributed by atoms with E-state index in [1.807, 2.05) is 35.2 Å². The zero-order valence-electron chi connectivity index (χ0n) is 17.5. The van der Waals surface area contributed by atoms with Crippen molar-refractivity contribution in [1.29, 1.82) is 0 Å². The van der Waals surface area contributed by atoms with Crippen molar-refractivity contribution in [3.05, 3.63) is 75.3 Å². The Morgan fingerprint density at radius 2 is 1.97 bits per heavy atom. The molecule has 0 saturated carbocycles. The Morgan fingerprint density at radius 3 is 2.53 bits per heavy atom. The number of nitro benzene ring substituents is 1. The van der Waals surface area contributed by atoms with Crippen molar-refractivity contribution in [1.82, 2.24) is 9.80 Å². The van der Waals surface area contributed by atoms with Gasteiger partial charge in [0.15, 0.2) is 0 Å². The molecule has 3 rings (SSSR count). The highest BCUT2D eigenvalue weighted by molar-refractivity contribution is 5.80. The van der Waals surface area contributed by atoms with Crippen molar-refractivity contribution in [2.24, 2.45) is 0 Å². The van der Waals surface area contributed by atoms with E-state index in [0.29, 0.717) is 32.1 Å². The van der Waals surface area contributed by atoms with Crippen LogP contribution in [0.3, 0.4) is 0 Å². The zero-order chi connectivity index (χ0) is 23.5. The SMILES string of the molecule is CN(C(=O)Cc1ccc(C(F)(F)F)cc1[N+](=O)[O-])C(CN1CCC(O)C1)c1ccccc1. The lowest BCUT2D eigenvalue weighted by molar-refractivity contribution is -0.385. The van der Waals surface area contributed by atoms with E-state index in [0.717, 1.165) is 17.7 Å². The van der Waals surface area contributed by atoms with E-state index in [1.165, 1.54) is 4.90 Å². The van der Waals surface area contributed by atoms with Crippen LogP contribution in [-0.2, 0) is 17.4 Å². The number of nitro groups is 1. The predicted molar refractivity (Wildman–Crippen MR) is 111 cm³/mol. The van der Waals surface area contributed by atoms with Gasteiger partial charge in [-0.05, 0) is 18.1 Å². The first-order valence-electron chi connectivity index (χ1n) is 10.1. The lowest BCUT2D eigenvalue weighted by Crippen LogP contribution is -2.39. The number of benzene rings is 2. The van der Waals surface area contributed by atoms with Crippen LogP contribution in [0.5, 0.6) is 0 Å². The van der Waals surface area contributed by atoms with Gasteiger partial charge < -0.3 is 10.0 Å². The van der Waals surface area contributed by atoms with Crippen LogP contribution >= 0.6 is 0 Å². The van der Waals surface area contributed by atoms with Gasteiger partial charge >= 0.3 is 6.18 Å². The second kappa shape index (κ2) is 9.66. The number of alkyl halides is 3. The van der Waals surface area contributed by atoms with E-state index in [9.17, 15) is 33.2 Å². The van der Waals surface area contributed by atoms with Gasteiger partial charge in [-0.15, -0.1) is 0 Å². The van der Waals surface area contributed by atoms with Gasteiger partial charge in [0.2, 0.25) is 5.91 Å². The number of likely N-dealkylation sites (tertiary alicyclic amines) is 1. The smallest absolute Gasteiger partial charge is 0.392 e. The molecule has 1 heterocycles. The number of hydrogen-bond acceptors (Lipinski definition) is 5. The van der Waals surface area contributed by atoms with Gasteiger partial charge in [0.1, 0.15) is 0 Å². The molecule has 1 amide bonds. The third-order valence-electron chi connectivity index (χ3n) is 5.67. The number of carbonyl (C=O) groups excluding carboxylic acids is 1. The average molecular weight is 451 g/mol. The van der Waals surface area contributed by atoms with E-state index in [4.69, 9.17) is 0 Å². The average Bonchev–Trinajstić information content (AvgIpc) is 3.16. The lowest BCUT2D eigenvalue weighted by atomic mass is 10.0. The summed E-state index contributed by atoms with van der Waals surface area (Å²) in [7, 11) is 1.57. The number of halogens is 3. The second-order valence-electron chi connectivity index (χ2n) is 7.91. The van der Waals surface area contributed by atoms with Crippen molar-refractivity contribution >= 4 is 11.6 Å². The van der Waals surface area contributed by atoms with Crippen LogP contribution in [0.25, 0.3) is 0 Å². The largest absolute Gasteiger partial charge is 0.416 e. The summed E-state index contributed by atoms with van der Waals surface area (Å²) < 4.78 is 38.8. The fraction of sp³-hybridized carbons (Fsp3) is 0.409. The zero-order valence-corrected chi connectivity index (χ0v) is 17.5. The fourth-order valence-corrected chi connectivity index (χ4v) is 3.87. The van der Waals surface area contributed by atoms with Crippen LogP contribution in [0.1, 0.15) is 29.2 Å². The van der Waals surface area contributed by atoms with E-state index < -0.39 is 40.8 Å². The number of aliphatic hydroxyl groups is 1. The fourth-order valence-electron chi connectivity index (χ4n) is 3.87. The molecule has 2 unspecified atom stereocenters. The van der Waals surface area contributed by atoms with Gasteiger partial charge in [-0.25, -0.2) is 0 Å². The summed E-state index contributed by atoms with van der Waals surface area (Å²) in [5.41, 5.74) is -1.10. The molecule has 32 heavy (non-hydrogen) atoms. The molecule has 0 aromatic heterocycles. The van der Waals surface area contributed by atoms with Gasteiger partial charge in [-0.1, -0.05) is 36.4 Å². The maximum Gasteiger partial charge on any atom is 0.416 e. The highest BCUT2D eigenvalue weighted by atomic mass is 19.4. The minimum absolute atomic E-state index is 0.0803. The Bertz CT molecular complexity index is 969. The van der Waals surface area contributed by atoms with Crippen molar-refractivity contribution < 1.29 is 28.0 Å². The molecule has 7 nitrogen and oxygen atoms in total. The van der Waals surface area contributed by atoms with Crippen LogP contribution < -0.4 is 0 Å². The quantitative estimate of drug-likeness (QED) is 0.515. The number of hydrogen-bond donors (Lipinski definition) is 1.